The molecule has 2 atom stereocenters. The second kappa shape index (κ2) is 5.69. The maximum Gasteiger partial charge on any atom is 0.242 e. The molecule has 3 rings (SSSR count). The van der Waals surface area contributed by atoms with E-state index in [4.69, 9.17) is 0 Å². The Morgan fingerprint density at radius 3 is 3.00 bits per heavy atom. The fourth-order valence-corrected chi connectivity index (χ4v) is 3.60. The minimum atomic E-state index is 0.0387. The highest BCUT2D eigenvalue weighted by molar-refractivity contribution is 5.86. The Morgan fingerprint density at radius 2 is 2.20 bits per heavy atom. The molecular weight excluding hydrogens is 256 g/mol. The molecule has 6 heteroatoms. The van der Waals surface area contributed by atoms with E-state index in [9.17, 15) is 9.59 Å². The molecule has 3 saturated heterocycles. The van der Waals surface area contributed by atoms with Gasteiger partial charge in [-0.1, -0.05) is 0 Å². The molecule has 3 fully saturated rings. The van der Waals surface area contributed by atoms with Crippen molar-refractivity contribution in [3.8, 4) is 0 Å². The maximum atomic E-state index is 12.5. The van der Waals surface area contributed by atoms with Crippen LogP contribution in [0.15, 0.2) is 0 Å². The normalized spacial score (nSPS) is 31.6. The lowest BCUT2D eigenvalue weighted by atomic mass is 10.1. The van der Waals surface area contributed by atoms with Crippen molar-refractivity contribution in [2.45, 2.75) is 31.8 Å². The van der Waals surface area contributed by atoms with Crippen LogP contribution in [0.2, 0.25) is 0 Å². The first-order chi connectivity index (χ1) is 9.65. The minimum absolute atomic E-state index is 0.0387. The highest BCUT2D eigenvalue weighted by Crippen LogP contribution is 2.24. The Balaban J connectivity index is 1.60. The number of nitrogens with zero attached hydrogens (tertiary/aromatic N) is 3. The first-order valence-corrected chi connectivity index (χ1v) is 7.67. The molecule has 0 radical (unpaired) electrons. The van der Waals surface area contributed by atoms with E-state index in [1.807, 2.05) is 4.90 Å². The molecule has 112 valence electrons. The van der Waals surface area contributed by atoms with Crippen molar-refractivity contribution in [1.82, 2.24) is 20.0 Å². The number of fused-ring (bicyclic) bond motifs is 1. The zero-order chi connectivity index (χ0) is 14.1. The van der Waals surface area contributed by atoms with Gasteiger partial charge in [0.1, 0.15) is 0 Å². The third-order valence-corrected chi connectivity index (χ3v) is 4.77. The molecule has 0 unspecified atom stereocenters. The smallest absolute Gasteiger partial charge is 0.242 e. The summed E-state index contributed by atoms with van der Waals surface area (Å²) in [5.41, 5.74) is 0. The van der Waals surface area contributed by atoms with Crippen LogP contribution >= 0.6 is 0 Å². The lowest BCUT2D eigenvalue weighted by Crippen LogP contribution is -2.59. The molecule has 0 aromatic heterocycles. The quantitative estimate of drug-likeness (QED) is 0.713. The Hall–Kier alpha value is -1.14. The van der Waals surface area contributed by atoms with Crippen molar-refractivity contribution in [2.75, 3.05) is 45.8 Å². The van der Waals surface area contributed by atoms with Crippen LogP contribution in [0.4, 0.5) is 0 Å². The molecule has 0 aromatic carbocycles. The number of carbonyl (C=O) groups is 2. The molecule has 3 aliphatic rings. The zero-order valence-electron chi connectivity index (χ0n) is 12.2. The first-order valence-electron chi connectivity index (χ1n) is 7.67. The molecule has 0 saturated carbocycles. The number of rotatable bonds is 2. The lowest BCUT2D eigenvalue weighted by Gasteiger charge is -2.43. The average molecular weight is 280 g/mol. The van der Waals surface area contributed by atoms with Crippen molar-refractivity contribution < 1.29 is 9.59 Å². The van der Waals surface area contributed by atoms with Gasteiger partial charge in [0.15, 0.2) is 0 Å². The average Bonchev–Trinajstić information content (AvgIpc) is 2.87. The van der Waals surface area contributed by atoms with Gasteiger partial charge in [-0.15, -0.1) is 0 Å². The van der Waals surface area contributed by atoms with Gasteiger partial charge < -0.3 is 15.1 Å². The van der Waals surface area contributed by atoms with E-state index in [0.29, 0.717) is 19.1 Å². The molecule has 0 spiro atoms. The van der Waals surface area contributed by atoms with Crippen LogP contribution in [-0.2, 0) is 9.59 Å². The van der Waals surface area contributed by atoms with Gasteiger partial charge >= 0.3 is 0 Å². The zero-order valence-corrected chi connectivity index (χ0v) is 12.2. The molecule has 0 bridgehead atoms. The van der Waals surface area contributed by atoms with Crippen molar-refractivity contribution in [2.24, 2.45) is 0 Å². The van der Waals surface area contributed by atoms with E-state index < -0.39 is 0 Å². The van der Waals surface area contributed by atoms with Crippen molar-refractivity contribution in [1.29, 1.82) is 0 Å². The Labute approximate surface area is 120 Å². The highest BCUT2D eigenvalue weighted by atomic mass is 16.2. The van der Waals surface area contributed by atoms with Gasteiger partial charge in [0, 0.05) is 38.3 Å². The summed E-state index contributed by atoms with van der Waals surface area (Å²) < 4.78 is 0. The van der Waals surface area contributed by atoms with Gasteiger partial charge in [0.2, 0.25) is 11.8 Å². The minimum Gasteiger partial charge on any atom is -0.336 e. The molecule has 1 N–H and O–H groups in total. The summed E-state index contributed by atoms with van der Waals surface area (Å²) in [7, 11) is 0. The lowest BCUT2D eigenvalue weighted by molar-refractivity contribution is -0.144. The van der Waals surface area contributed by atoms with Gasteiger partial charge in [0.05, 0.1) is 13.1 Å². The van der Waals surface area contributed by atoms with Crippen molar-refractivity contribution in [3.63, 3.8) is 0 Å². The fraction of sp³-hybridized carbons (Fsp3) is 0.857. The van der Waals surface area contributed by atoms with Crippen LogP contribution in [-0.4, -0.2) is 84.4 Å². The van der Waals surface area contributed by atoms with Gasteiger partial charge in [-0.3, -0.25) is 14.5 Å². The number of nitrogens with one attached hydrogen (secondary N) is 1. The van der Waals surface area contributed by atoms with Crippen LogP contribution in [0.25, 0.3) is 0 Å². The van der Waals surface area contributed by atoms with E-state index in [1.165, 1.54) is 19.4 Å². The number of piperazine rings is 2. The van der Waals surface area contributed by atoms with Gasteiger partial charge in [0.25, 0.3) is 0 Å². The third kappa shape index (κ3) is 2.67. The van der Waals surface area contributed by atoms with Crippen LogP contribution in [0.1, 0.15) is 19.8 Å². The molecule has 6 nitrogen and oxygen atoms in total. The molecule has 2 amide bonds. The van der Waals surface area contributed by atoms with E-state index in [-0.39, 0.29) is 24.4 Å². The molecular formula is C14H24N4O2. The number of carbonyl (C=O) groups excluding carboxylic acids is 2. The predicted octanol–water partition coefficient (Wildman–Crippen LogP) is -0.887. The fourth-order valence-electron chi connectivity index (χ4n) is 3.60. The second-order valence-corrected chi connectivity index (χ2v) is 6.18. The summed E-state index contributed by atoms with van der Waals surface area (Å²) in [5.74, 6) is 0.149. The molecule has 3 aliphatic heterocycles. The molecule has 0 aliphatic carbocycles. The summed E-state index contributed by atoms with van der Waals surface area (Å²) in [5, 5.41) is 3.03. The van der Waals surface area contributed by atoms with E-state index in [1.54, 1.807) is 4.90 Å². The Bertz CT molecular complexity index is 401. The van der Waals surface area contributed by atoms with Gasteiger partial charge in [-0.2, -0.15) is 0 Å². The number of hydrogen-bond acceptors (Lipinski definition) is 4. The van der Waals surface area contributed by atoms with Crippen LogP contribution in [0.3, 0.4) is 0 Å². The summed E-state index contributed by atoms with van der Waals surface area (Å²) in [6.45, 7) is 7.13. The topological polar surface area (TPSA) is 55.9 Å². The SMILES string of the molecule is C[C@H]1CN2CCC[C@H]2CN1C(=O)CN1CCNCC1=O. The molecule has 3 heterocycles. The third-order valence-electron chi connectivity index (χ3n) is 4.77. The summed E-state index contributed by atoms with van der Waals surface area (Å²) in [4.78, 5) is 30.4. The predicted molar refractivity (Wildman–Crippen MR) is 75.2 cm³/mol. The van der Waals surface area contributed by atoms with E-state index in [0.717, 1.165) is 19.6 Å². The maximum absolute atomic E-state index is 12.5. The van der Waals surface area contributed by atoms with E-state index >= 15 is 0 Å². The standard InChI is InChI=1S/C14H24N4O2/c1-11-8-16-5-2-3-12(16)9-18(11)14(20)10-17-6-4-15-7-13(17)19/h11-12,15H,2-10H2,1H3/t11-,12-/m0/s1. The van der Waals surface area contributed by atoms with Crippen LogP contribution in [0.5, 0.6) is 0 Å². The summed E-state index contributed by atoms with van der Waals surface area (Å²) in [6, 6.07) is 0.795. The monoisotopic (exact) mass is 280 g/mol. The van der Waals surface area contributed by atoms with Gasteiger partial charge in [-0.25, -0.2) is 0 Å². The number of amides is 2. The molecule has 20 heavy (non-hydrogen) atoms. The Kier molecular flexibility index (Phi) is 3.94. The number of hydrogen-bond donors (Lipinski definition) is 1. The highest BCUT2D eigenvalue weighted by Gasteiger charge is 2.37. The Morgan fingerprint density at radius 1 is 1.35 bits per heavy atom. The van der Waals surface area contributed by atoms with Crippen LogP contribution in [0, 0.1) is 0 Å². The van der Waals surface area contributed by atoms with E-state index in [2.05, 4.69) is 17.1 Å². The van der Waals surface area contributed by atoms with Crippen LogP contribution < -0.4 is 5.32 Å². The second-order valence-electron chi connectivity index (χ2n) is 6.18. The van der Waals surface area contributed by atoms with Crippen molar-refractivity contribution in [3.05, 3.63) is 0 Å². The summed E-state index contributed by atoms with van der Waals surface area (Å²) in [6.07, 6.45) is 2.44. The largest absolute Gasteiger partial charge is 0.336 e. The summed E-state index contributed by atoms with van der Waals surface area (Å²) >= 11 is 0. The first kappa shape index (κ1) is 13.8. The van der Waals surface area contributed by atoms with Crippen molar-refractivity contribution >= 4 is 11.8 Å². The van der Waals surface area contributed by atoms with Gasteiger partial charge in [-0.05, 0) is 26.3 Å². The molecule has 0 aromatic rings.